The number of nitrogens with zero attached hydrogens (tertiary/aromatic N) is 2. The Morgan fingerprint density at radius 3 is 2.60 bits per heavy atom. The Balaban J connectivity index is 1.64. The summed E-state index contributed by atoms with van der Waals surface area (Å²) in [5.74, 6) is 0.271. The monoisotopic (exact) mass is 281 g/mol. The van der Waals surface area contributed by atoms with Gasteiger partial charge in [0.05, 0.1) is 5.92 Å². The van der Waals surface area contributed by atoms with Gasteiger partial charge in [-0.2, -0.15) is 0 Å². The van der Waals surface area contributed by atoms with Crippen LogP contribution >= 0.6 is 0 Å². The van der Waals surface area contributed by atoms with Crippen molar-refractivity contribution in [3.63, 3.8) is 0 Å². The highest BCUT2D eigenvalue weighted by Gasteiger charge is 2.30. The van der Waals surface area contributed by atoms with Gasteiger partial charge in [-0.3, -0.25) is 9.59 Å². The maximum atomic E-state index is 12.1. The van der Waals surface area contributed by atoms with E-state index in [0.717, 1.165) is 25.9 Å². The van der Waals surface area contributed by atoms with Crippen LogP contribution in [-0.4, -0.2) is 61.4 Å². The van der Waals surface area contributed by atoms with Crippen LogP contribution in [0.25, 0.3) is 0 Å². The summed E-state index contributed by atoms with van der Waals surface area (Å²) in [6.45, 7) is 4.76. The molecule has 0 bridgehead atoms. The molecule has 0 radical (unpaired) electrons. The lowest BCUT2D eigenvalue weighted by Gasteiger charge is -2.26. The molecule has 2 saturated heterocycles. The van der Waals surface area contributed by atoms with Gasteiger partial charge in [0.25, 0.3) is 0 Å². The molecule has 5 nitrogen and oxygen atoms in total. The lowest BCUT2D eigenvalue weighted by Crippen LogP contribution is -2.34. The van der Waals surface area contributed by atoms with Gasteiger partial charge in [-0.1, -0.05) is 6.42 Å². The summed E-state index contributed by atoms with van der Waals surface area (Å²) in [6, 6.07) is 0. The molecule has 1 atom stereocenters. The quantitative estimate of drug-likeness (QED) is 0.813. The molecule has 20 heavy (non-hydrogen) atoms. The third-order valence-corrected chi connectivity index (χ3v) is 4.47. The predicted molar refractivity (Wildman–Crippen MR) is 78.3 cm³/mol. The maximum absolute atomic E-state index is 12.1. The Labute approximate surface area is 121 Å². The lowest BCUT2D eigenvalue weighted by atomic mass is 10.1. The first-order valence-corrected chi connectivity index (χ1v) is 7.92. The summed E-state index contributed by atoms with van der Waals surface area (Å²) in [5, 5.41) is 2.67. The molecule has 0 saturated carbocycles. The Kier molecular flexibility index (Phi) is 5.83. The maximum Gasteiger partial charge on any atom is 0.224 e. The number of hydrogen-bond donors (Lipinski definition) is 1. The summed E-state index contributed by atoms with van der Waals surface area (Å²) < 4.78 is 0. The Bertz CT molecular complexity index is 340. The fourth-order valence-electron chi connectivity index (χ4n) is 3.20. The molecular formula is C15H27N3O2. The first-order valence-electron chi connectivity index (χ1n) is 7.92. The van der Waals surface area contributed by atoms with E-state index >= 15 is 0 Å². The summed E-state index contributed by atoms with van der Waals surface area (Å²) in [4.78, 5) is 28.0. The van der Waals surface area contributed by atoms with E-state index < -0.39 is 0 Å². The number of likely N-dealkylation sites (tertiary alicyclic amines) is 2. The number of nitrogens with one attached hydrogen (secondary N) is 1. The zero-order chi connectivity index (χ0) is 14.4. The van der Waals surface area contributed by atoms with E-state index in [0.29, 0.717) is 13.0 Å². The van der Waals surface area contributed by atoms with Gasteiger partial charge >= 0.3 is 0 Å². The van der Waals surface area contributed by atoms with E-state index in [1.165, 1.54) is 32.4 Å². The van der Waals surface area contributed by atoms with E-state index in [2.05, 4.69) is 10.2 Å². The number of hydrogen-bond acceptors (Lipinski definition) is 3. The lowest BCUT2D eigenvalue weighted by molar-refractivity contribution is -0.130. The van der Waals surface area contributed by atoms with Gasteiger partial charge in [0, 0.05) is 26.6 Å². The van der Waals surface area contributed by atoms with Crippen molar-refractivity contribution in [2.24, 2.45) is 5.92 Å². The number of carbonyl (C=O) groups excluding carboxylic acids is 2. The standard InChI is InChI=1S/C15H27N3O2/c1-16-15(20)13-7-11-18(12-13)14(19)6-5-10-17-8-3-2-4-9-17/h13H,2-12H2,1H3,(H,16,20). The molecule has 114 valence electrons. The zero-order valence-corrected chi connectivity index (χ0v) is 12.6. The first-order chi connectivity index (χ1) is 9.70. The van der Waals surface area contributed by atoms with Crippen LogP contribution < -0.4 is 5.32 Å². The van der Waals surface area contributed by atoms with Gasteiger partial charge in [0.1, 0.15) is 0 Å². The average Bonchev–Trinajstić information content (AvgIpc) is 2.97. The molecule has 0 aromatic rings. The van der Waals surface area contributed by atoms with E-state index in [4.69, 9.17) is 0 Å². The molecule has 0 aromatic heterocycles. The van der Waals surface area contributed by atoms with E-state index in [1.54, 1.807) is 7.05 Å². The normalized spacial score (nSPS) is 23.9. The van der Waals surface area contributed by atoms with Crippen LogP contribution in [0.15, 0.2) is 0 Å². The second-order valence-corrected chi connectivity index (χ2v) is 5.95. The van der Waals surface area contributed by atoms with Crippen LogP contribution in [-0.2, 0) is 9.59 Å². The molecule has 5 heteroatoms. The van der Waals surface area contributed by atoms with Crippen molar-refractivity contribution in [1.82, 2.24) is 15.1 Å². The molecule has 1 N–H and O–H groups in total. The topological polar surface area (TPSA) is 52.7 Å². The fraction of sp³-hybridized carbons (Fsp3) is 0.867. The minimum absolute atomic E-state index is 0.00829. The zero-order valence-electron chi connectivity index (χ0n) is 12.6. The highest BCUT2D eigenvalue weighted by molar-refractivity contribution is 5.81. The SMILES string of the molecule is CNC(=O)C1CCN(C(=O)CCCN2CCCCC2)C1. The van der Waals surface area contributed by atoms with Crippen LogP contribution in [0.1, 0.15) is 38.5 Å². The molecule has 0 aliphatic carbocycles. The van der Waals surface area contributed by atoms with Gasteiger partial charge < -0.3 is 15.1 Å². The third kappa shape index (κ3) is 4.20. The summed E-state index contributed by atoms with van der Waals surface area (Å²) in [7, 11) is 1.66. The highest BCUT2D eigenvalue weighted by atomic mass is 16.2. The van der Waals surface area contributed by atoms with Crippen molar-refractivity contribution in [3.8, 4) is 0 Å². The van der Waals surface area contributed by atoms with Crippen LogP contribution in [0.5, 0.6) is 0 Å². The highest BCUT2D eigenvalue weighted by Crippen LogP contribution is 2.18. The van der Waals surface area contributed by atoms with Crippen LogP contribution in [0, 0.1) is 5.92 Å². The van der Waals surface area contributed by atoms with Crippen molar-refractivity contribution in [2.45, 2.75) is 38.5 Å². The van der Waals surface area contributed by atoms with E-state index in [1.807, 2.05) is 4.90 Å². The molecule has 2 fully saturated rings. The minimum Gasteiger partial charge on any atom is -0.359 e. The van der Waals surface area contributed by atoms with E-state index in [-0.39, 0.29) is 17.7 Å². The Hall–Kier alpha value is -1.10. The second kappa shape index (κ2) is 7.62. The molecule has 2 aliphatic heterocycles. The van der Waals surface area contributed by atoms with Crippen molar-refractivity contribution in [3.05, 3.63) is 0 Å². The molecule has 2 aliphatic rings. The Morgan fingerprint density at radius 2 is 1.90 bits per heavy atom. The van der Waals surface area contributed by atoms with Crippen LogP contribution in [0.2, 0.25) is 0 Å². The summed E-state index contributed by atoms with van der Waals surface area (Å²) in [5.41, 5.74) is 0. The van der Waals surface area contributed by atoms with Crippen molar-refractivity contribution in [2.75, 3.05) is 39.8 Å². The van der Waals surface area contributed by atoms with Gasteiger partial charge in [-0.15, -0.1) is 0 Å². The van der Waals surface area contributed by atoms with Gasteiger partial charge in [0.15, 0.2) is 0 Å². The third-order valence-electron chi connectivity index (χ3n) is 4.47. The molecule has 1 unspecified atom stereocenters. The second-order valence-electron chi connectivity index (χ2n) is 5.95. The number of amides is 2. The average molecular weight is 281 g/mol. The fourth-order valence-corrected chi connectivity index (χ4v) is 3.20. The van der Waals surface area contributed by atoms with Crippen molar-refractivity contribution >= 4 is 11.8 Å². The largest absolute Gasteiger partial charge is 0.359 e. The minimum atomic E-state index is -0.00829. The van der Waals surface area contributed by atoms with Crippen LogP contribution in [0.3, 0.4) is 0 Å². The Morgan fingerprint density at radius 1 is 1.15 bits per heavy atom. The molecule has 0 aromatic carbocycles. The number of rotatable bonds is 5. The van der Waals surface area contributed by atoms with E-state index in [9.17, 15) is 9.59 Å². The number of carbonyl (C=O) groups is 2. The van der Waals surface area contributed by atoms with Crippen molar-refractivity contribution in [1.29, 1.82) is 0 Å². The molecule has 2 amide bonds. The van der Waals surface area contributed by atoms with Gasteiger partial charge in [-0.25, -0.2) is 0 Å². The van der Waals surface area contributed by atoms with Crippen LogP contribution in [0.4, 0.5) is 0 Å². The van der Waals surface area contributed by atoms with Gasteiger partial charge in [-0.05, 0) is 45.3 Å². The number of piperidine rings is 1. The summed E-state index contributed by atoms with van der Waals surface area (Å²) >= 11 is 0. The smallest absolute Gasteiger partial charge is 0.224 e. The molecule has 0 spiro atoms. The van der Waals surface area contributed by atoms with Gasteiger partial charge in [0.2, 0.25) is 11.8 Å². The van der Waals surface area contributed by atoms with Crippen molar-refractivity contribution < 1.29 is 9.59 Å². The predicted octanol–water partition coefficient (Wildman–Crippen LogP) is 0.847. The summed E-state index contributed by atoms with van der Waals surface area (Å²) in [6.07, 6.45) is 6.32. The molecule has 2 rings (SSSR count). The molecular weight excluding hydrogens is 254 g/mol. The first kappa shape index (κ1) is 15.3. The molecule has 2 heterocycles.